The van der Waals surface area contributed by atoms with Crippen molar-refractivity contribution in [2.45, 2.75) is 13.5 Å². The summed E-state index contributed by atoms with van der Waals surface area (Å²) in [5.41, 5.74) is 3.43. The van der Waals surface area contributed by atoms with Crippen molar-refractivity contribution in [2.24, 2.45) is 0 Å². The molecule has 0 unspecified atom stereocenters. The molecule has 8 nitrogen and oxygen atoms in total. The van der Waals surface area contributed by atoms with E-state index in [1.54, 1.807) is 33.6 Å². The summed E-state index contributed by atoms with van der Waals surface area (Å²) in [5.74, 6) is 2.75. The number of nitrogens with zero attached hydrogens (tertiary/aromatic N) is 3. The van der Waals surface area contributed by atoms with E-state index in [2.05, 4.69) is 20.1 Å². The van der Waals surface area contributed by atoms with Crippen LogP contribution in [0.5, 0.6) is 17.2 Å². The maximum Gasteiger partial charge on any atom is 0.255 e. The van der Waals surface area contributed by atoms with E-state index in [0.29, 0.717) is 28.5 Å². The van der Waals surface area contributed by atoms with Crippen LogP contribution in [-0.4, -0.2) is 63.3 Å². The molecule has 2 heterocycles. The number of carbonyl (C=O) groups excluding carboxylic acids is 1. The zero-order valence-corrected chi connectivity index (χ0v) is 20.7. The topological polar surface area (TPSA) is 76.2 Å². The highest BCUT2D eigenvalue weighted by atomic mass is 16.5. The SMILES string of the molecule is COc1ccc(CN2CCN(c3ccc(NC(=O)c4cccc(C)c4)cn3)CC2)c(OC)c1OC. The normalized spacial score (nSPS) is 13.9. The Morgan fingerprint density at radius 1 is 0.943 bits per heavy atom. The largest absolute Gasteiger partial charge is 0.493 e. The first-order valence-electron chi connectivity index (χ1n) is 11.6. The van der Waals surface area contributed by atoms with Gasteiger partial charge in [0, 0.05) is 43.9 Å². The Balaban J connectivity index is 1.34. The van der Waals surface area contributed by atoms with Gasteiger partial charge in [-0.15, -0.1) is 0 Å². The number of anilines is 2. The van der Waals surface area contributed by atoms with Crippen LogP contribution < -0.4 is 24.4 Å². The second kappa shape index (κ2) is 11.1. The van der Waals surface area contributed by atoms with E-state index in [-0.39, 0.29) is 5.91 Å². The number of nitrogens with one attached hydrogen (secondary N) is 1. The van der Waals surface area contributed by atoms with Crippen LogP contribution in [0.2, 0.25) is 0 Å². The lowest BCUT2D eigenvalue weighted by Gasteiger charge is -2.35. The molecule has 35 heavy (non-hydrogen) atoms. The average Bonchev–Trinajstić information content (AvgIpc) is 2.89. The van der Waals surface area contributed by atoms with Gasteiger partial charge in [-0.2, -0.15) is 0 Å². The van der Waals surface area contributed by atoms with Crippen molar-refractivity contribution in [3.8, 4) is 17.2 Å². The molecular formula is C27H32N4O4. The number of ether oxygens (including phenoxy) is 3. The fraction of sp³-hybridized carbons (Fsp3) is 0.333. The molecule has 0 atom stereocenters. The Hall–Kier alpha value is -3.78. The Kier molecular flexibility index (Phi) is 7.72. The van der Waals surface area contributed by atoms with E-state index < -0.39 is 0 Å². The van der Waals surface area contributed by atoms with E-state index in [1.807, 2.05) is 49.4 Å². The summed E-state index contributed by atoms with van der Waals surface area (Å²) in [4.78, 5) is 21.7. The van der Waals surface area contributed by atoms with Crippen LogP contribution >= 0.6 is 0 Å². The molecule has 1 fully saturated rings. The van der Waals surface area contributed by atoms with Gasteiger partial charge in [0.05, 0.1) is 33.2 Å². The minimum absolute atomic E-state index is 0.137. The Morgan fingerprint density at radius 3 is 2.34 bits per heavy atom. The van der Waals surface area contributed by atoms with Crippen LogP contribution in [0.1, 0.15) is 21.5 Å². The van der Waals surface area contributed by atoms with Crippen molar-refractivity contribution < 1.29 is 19.0 Å². The molecule has 1 aliphatic rings. The van der Waals surface area contributed by atoms with Gasteiger partial charge in [-0.1, -0.05) is 23.8 Å². The lowest BCUT2D eigenvalue weighted by Crippen LogP contribution is -2.46. The van der Waals surface area contributed by atoms with Crippen molar-refractivity contribution in [3.63, 3.8) is 0 Å². The van der Waals surface area contributed by atoms with Gasteiger partial charge in [-0.3, -0.25) is 9.69 Å². The summed E-state index contributed by atoms with van der Waals surface area (Å²) in [6.07, 6.45) is 1.71. The number of aryl methyl sites for hydroxylation is 1. The fourth-order valence-corrected chi connectivity index (χ4v) is 4.30. The molecule has 0 saturated carbocycles. The predicted molar refractivity (Wildman–Crippen MR) is 137 cm³/mol. The molecule has 8 heteroatoms. The number of pyridine rings is 1. The second-order valence-electron chi connectivity index (χ2n) is 8.49. The third kappa shape index (κ3) is 5.66. The highest BCUT2D eigenvalue weighted by molar-refractivity contribution is 6.04. The number of benzene rings is 2. The molecule has 4 rings (SSSR count). The Morgan fingerprint density at radius 2 is 1.71 bits per heavy atom. The summed E-state index contributed by atoms with van der Waals surface area (Å²) in [7, 11) is 4.89. The van der Waals surface area contributed by atoms with Gasteiger partial charge >= 0.3 is 0 Å². The van der Waals surface area contributed by atoms with Gasteiger partial charge in [0.1, 0.15) is 5.82 Å². The number of rotatable bonds is 8. The molecule has 0 aliphatic carbocycles. The number of amides is 1. The molecular weight excluding hydrogens is 444 g/mol. The minimum Gasteiger partial charge on any atom is -0.493 e. The number of hydrogen-bond donors (Lipinski definition) is 1. The van der Waals surface area contributed by atoms with E-state index in [0.717, 1.165) is 49.7 Å². The number of piperazine rings is 1. The summed E-state index contributed by atoms with van der Waals surface area (Å²) in [6, 6.07) is 15.3. The molecule has 1 aromatic heterocycles. The average molecular weight is 477 g/mol. The lowest BCUT2D eigenvalue weighted by atomic mass is 10.1. The Bertz CT molecular complexity index is 1160. The number of aromatic nitrogens is 1. The first-order valence-corrected chi connectivity index (χ1v) is 11.6. The molecule has 1 saturated heterocycles. The molecule has 2 aromatic carbocycles. The van der Waals surface area contributed by atoms with Gasteiger partial charge in [-0.05, 0) is 37.3 Å². The minimum atomic E-state index is -0.137. The van der Waals surface area contributed by atoms with Gasteiger partial charge in [-0.25, -0.2) is 4.98 Å². The quantitative estimate of drug-likeness (QED) is 0.527. The summed E-state index contributed by atoms with van der Waals surface area (Å²) in [6.45, 7) is 6.23. The number of methoxy groups -OCH3 is 3. The first kappa shape index (κ1) is 24.3. The predicted octanol–water partition coefficient (Wildman–Crippen LogP) is 3.99. The van der Waals surface area contributed by atoms with E-state index in [4.69, 9.17) is 14.2 Å². The lowest BCUT2D eigenvalue weighted by molar-refractivity contribution is 0.102. The molecule has 184 valence electrons. The van der Waals surface area contributed by atoms with Crippen LogP contribution in [0, 0.1) is 6.92 Å². The first-order chi connectivity index (χ1) is 17.0. The van der Waals surface area contributed by atoms with Crippen molar-refractivity contribution in [1.82, 2.24) is 9.88 Å². The van der Waals surface area contributed by atoms with Crippen molar-refractivity contribution >= 4 is 17.4 Å². The van der Waals surface area contributed by atoms with Crippen molar-refractivity contribution in [3.05, 3.63) is 71.4 Å². The smallest absolute Gasteiger partial charge is 0.255 e. The van der Waals surface area contributed by atoms with Gasteiger partial charge in [0.25, 0.3) is 5.91 Å². The number of hydrogen-bond acceptors (Lipinski definition) is 7. The third-order valence-corrected chi connectivity index (χ3v) is 6.16. The maximum absolute atomic E-state index is 12.5. The van der Waals surface area contributed by atoms with E-state index in [9.17, 15) is 4.79 Å². The molecule has 1 N–H and O–H groups in total. The van der Waals surface area contributed by atoms with Gasteiger partial charge in [0.2, 0.25) is 5.75 Å². The highest BCUT2D eigenvalue weighted by Crippen LogP contribution is 2.40. The van der Waals surface area contributed by atoms with Crippen LogP contribution in [0.25, 0.3) is 0 Å². The van der Waals surface area contributed by atoms with E-state index in [1.165, 1.54) is 0 Å². The maximum atomic E-state index is 12.5. The summed E-state index contributed by atoms with van der Waals surface area (Å²) >= 11 is 0. The molecule has 0 radical (unpaired) electrons. The molecule has 1 aliphatic heterocycles. The van der Waals surface area contributed by atoms with Crippen LogP contribution in [0.15, 0.2) is 54.7 Å². The second-order valence-corrected chi connectivity index (χ2v) is 8.49. The van der Waals surface area contributed by atoms with Crippen LogP contribution in [-0.2, 0) is 6.54 Å². The molecule has 0 bridgehead atoms. The highest BCUT2D eigenvalue weighted by Gasteiger charge is 2.22. The molecule has 3 aromatic rings. The summed E-state index contributed by atoms with van der Waals surface area (Å²) in [5, 5.41) is 2.92. The van der Waals surface area contributed by atoms with Gasteiger partial charge < -0.3 is 24.4 Å². The zero-order valence-electron chi connectivity index (χ0n) is 20.7. The standard InChI is InChI=1S/C27H32N4O4/c1-19-6-5-7-20(16-19)27(32)29-22-9-11-24(28-17-22)31-14-12-30(13-15-31)18-21-8-10-23(33-2)26(35-4)25(21)34-3/h5-11,16-17H,12-15,18H2,1-4H3,(H,29,32). The van der Waals surface area contributed by atoms with Crippen molar-refractivity contribution in [1.29, 1.82) is 0 Å². The van der Waals surface area contributed by atoms with E-state index >= 15 is 0 Å². The Labute approximate surface area is 206 Å². The van der Waals surface area contributed by atoms with Crippen molar-refractivity contribution in [2.75, 3.05) is 57.7 Å². The van der Waals surface area contributed by atoms with Gasteiger partial charge in [0.15, 0.2) is 11.5 Å². The van der Waals surface area contributed by atoms with Crippen LogP contribution in [0.3, 0.4) is 0 Å². The number of carbonyl (C=O) groups is 1. The molecule has 1 amide bonds. The fourth-order valence-electron chi connectivity index (χ4n) is 4.30. The zero-order chi connectivity index (χ0) is 24.8. The van der Waals surface area contributed by atoms with Crippen LogP contribution in [0.4, 0.5) is 11.5 Å². The molecule has 0 spiro atoms. The monoisotopic (exact) mass is 476 g/mol. The summed E-state index contributed by atoms with van der Waals surface area (Å²) < 4.78 is 16.5. The third-order valence-electron chi connectivity index (χ3n) is 6.16.